The number of furan rings is 1. The second kappa shape index (κ2) is 12.5. The van der Waals surface area contributed by atoms with E-state index in [0.717, 1.165) is 56.4 Å². The number of nitrogens with zero attached hydrogens (tertiary/aromatic N) is 3. The molecule has 1 unspecified atom stereocenters. The summed E-state index contributed by atoms with van der Waals surface area (Å²) in [4.78, 5) is 19.9. The molecule has 0 bridgehead atoms. The van der Waals surface area contributed by atoms with Gasteiger partial charge in [-0.3, -0.25) is 14.6 Å². The maximum absolute atomic E-state index is 13.3. The van der Waals surface area contributed by atoms with Gasteiger partial charge in [0.1, 0.15) is 11.5 Å². The van der Waals surface area contributed by atoms with Crippen LogP contribution >= 0.6 is 0 Å². The van der Waals surface area contributed by atoms with E-state index in [1.165, 1.54) is 0 Å². The summed E-state index contributed by atoms with van der Waals surface area (Å²) < 4.78 is 28.4. The van der Waals surface area contributed by atoms with E-state index in [2.05, 4.69) is 28.0 Å². The Kier molecular flexibility index (Phi) is 8.71. The fourth-order valence-electron chi connectivity index (χ4n) is 5.28. The van der Waals surface area contributed by atoms with Crippen LogP contribution < -0.4 is 14.2 Å². The van der Waals surface area contributed by atoms with Gasteiger partial charge >= 0.3 is 0 Å². The quantitative estimate of drug-likeness (QED) is 0.411. The predicted octanol–water partition coefficient (Wildman–Crippen LogP) is 3.63. The number of methoxy groups -OCH3 is 3. The highest BCUT2D eigenvalue weighted by Gasteiger charge is 2.28. The lowest BCUT2D eigenvalue weighted by molar-refractivity contribution is -0.0510. The van der Waals surface area contributed by atoms with Crippen molar-refractivity contribution >= 4 is 5.91 Å². The number of hydrogen-bond donors (Lipinski definition) is 0. The highest BCUT2D eigenvalue weighted by atomic mass is 16.5. The number of ether oxygens (including phenoxy) is 4. The zero-order valence-electron chi connectivity index (χ0n) is 22.9. The number of piperazine rings is 1. The van der Waals surface area contributed by atoms with Crippen molar-refractivity contribution in [2.45, 2.75) is 12.6 Å². The zero-order chi connectivity index (χ0) is 27.2. The van der Waals surface area contributed by atoms with Crippen LogP contribution in [0.4, 0.5) is 0 Å². The maximum Gasteiger partial charge on any atom is 0.254 e. The summed E-state index contributed by atoms with van der Waals surface area (Å²) in [5.41, 5.74) is 1.61. The van der Waals surface area contributed by atoms with Crippen LogP contribution in [0.5, 0.6) is 17.2 Å². The molecule has 1 atom stereocenters. The molecule has 0 radical (unpaired) electrons. The molecule has 2 aliphatic rings. The van der Waals surface area contributed by atoms with Crippen LogP contribution in [0.25, 0.3) is 11.3 Å². The van der Waals surface area contributed by atoms with Crippen LogP contribution in [0.2, 0.25) is 0 Å². The number of morpholine rings is 1. The highest BCUT2D eigenvalue weighted by Crippen LogP contribution is 2.38. The van der Waals surface area contributed by atoms with Gasteiger partial charge in [0, 0.05) is 56.9 Å². The molecule has 9 heteroatoms. The molecule has 0 aliphatic carbocycles. The topological polar surface area (TPSA) is 76.9 Å². The van der Waals surface area contributed by atoms with Crippen LogP contribution in [0.3, 0.4) is 0 Å². The number of carbonyl (C=O) groups excluding carboxylic acids is 1. The third-order valence-electron chi connectivity index (χ3n) is 7.36. The molecule has 2 aromatic carbocycles. The average Bonchev–Trinajstić information content (AvgIpc) is 3.45. The van der Waals surface area contributed by atoms with Gasteiger partial charge in [0.25, 0.3) is 5.91 Å². The maximum atomic E-state index is 13.3. The van der Waals surface area contributed by atoms with E-state index in [9.17, 15) is 4.79 Å². The van der Waals surface area contributed by atoms with Crippen molar-refractivity contribution in [2.75, 3.05) is 73.7 Å². The minimum Gasteiger partial charge on any atom is -0.493 e. The van der Waals surface area contributed by atoms with Gasteiger partial charge in [-0.1, -0.05) is 30.3 Å². The summed E-state index contributed by atoms with van der Waals surface area (Å²) in [5.74, 6) is 3.25. The first-order chi connectivity index (χ1) is 19.1. The van der Waals surface area contributed by atoms with Crippen LogP contribution in [-0.4, -0.2) is 100 Å². The molecule has 5 rings (SSSR count). The van der Waals surface area contributed by atoms with Crippen molar-refractivity contribution in [3.05, 3.63) is 65.9 Å². The van der Waals surface area contributed by atoms with Gasteiger partial charge in [0.15, 0.2) is 11.5 Å². The van der Waals surface area contributed by atoms with Gasteiger partial charge in [0.2, 0.25) is 5.75 Å². The summed E-state index contributed by atoms with van der Waals surface area (Å²) in [7, 11) is 4.65. The number of carbonyl (C=O) groups is 1. The Morgan fingerprint density at radius 3 is 2.26 bits per heavy atom. The number of amides is 1. The number of benzene rings is 2. The van der Waals surface area contributed by atoms with Crippen molar-refractivity contribution in [3.63, 3.8) is 0 Å². The molecule has 208 valence electrons. The van der Waals surface area contributed by atoms with Gasteiger partial charge in [-0.05, 0) is 24.3 Å². The largest absolute Gasteiger partial charge is 0.493 e. The Bertz CT molecular complexity index is 1210. The molecule has 2 saturated heterocycles. The van der Waals surface area contributed by atoms with Gasteiger partial charge in [0.05, 0.1) is 40.6 Å². The minimum atomic E-state index is -0.0395. The SMILES string of the molecule is COc1cc(C(=O)N2CCN(CC3CN(Cc4ccc(-c5ccccc5)o4)CCO3)CC2)cc(OC)c1OC. The average molecular weight is 536 g/mol. The summed E-state index contributed by atoms with van der Waals surface area (Å²) in [5, 5.41) is 0. The molecule has 2 aliphatic heterocycles. The van der Waals surface area contributed by atoms with Crippen LogP contribution in [0, 0.1) is 0 Å². The molecule has 9 nitrogen and oxygen atoms in total. The molecular weight excluding hydrogens is 498 g/mol. The van der Waals surface area contributed by atoms with Gasteiger partial charge in [-0.15, -0.1) is 0 Å². The Hall–Kier alpha value is -3.53. The molecule has 3 aromatic rings. The fraction of sp³-hybridized carbons (Fsp3) is 0.433. The minimum absolute atomic E-state index is 0.0395. The molecule has 0 spiro atoms. The lowest BCUT2D eigenvalue weighted by Crippen LogP contribution is -2.53. The second-order valence-electron chi connectivity index (χ2n) is 9.87. The Balaban J connectivity index is 1.12. The van der Waals surface area contributed by atoms with Crippen molar-refractivity contribution in [3.8, 4) is 28.6 Å². The summed E-state index contributed by atoms with van der Waals surface area (Å²) in [6, 6.07) is 17.7. The molecule has 0 saturated carbocycles. The van der Waals surface area contributed by atoms with Gasteiger partial charge in [-0.25, -0.2) is 0 Å². The van der Waals surface area contributed by atoms with Crippen molar-refractivity contribution < 1.29 is 28.2 Å². The van der Waals surface area contributed by atoms with E-state index < -0.39 is 0 Å². The monoisotopic (exact) mass is 535 g/mol. The van der Waals surface area contributed by atoms with Crippen LogP contribution in [0.15, 0.2) is 59.0 Å². The summed E-state index contributed by atoms with van der Waals surface area (Å²) in [6.45, 7) is 6.96. The van der Waals surface area contributed by atoms with Gasteiger partial charge in [-0.2, -0.15) is 0 Å². The number of hydrogen-bond acceptors (Lipinski definition) is 8. The molecule has 1 aromatic heterocycles. The first-order valence-corrected chi connectivity index (χ1v) is 13.4. The Labute approximate surface area is 229 Å². The molecule has 2 fully saturated rings. The molecule has 0 N–H and O–H groups in total. The van der Waals surface area contributed by atoms with Crippen molar-refractivity contribution in [1.82, 2.24) is 14.7 Å². The third kappa shape index (κ3) is 6.38. The van der Waals surface area contributed by atoms with Crippen molar-refractivity contribution in [2.24, 2.45) is 0 Å². The van der Waals surface area contributed by atoms with Crippen LogP contribution in [0.1, 0.15) is 16.1 Å². The third-order valence-corrected chi connectivity index (χ3v) is 7.36. The standard InChI is InChI=1S/C30H37N3O6/c1-35-27-17-23(18-28(36-2)29(27)37-3)30(34)33-13-11-31(12-14-33)20-25-21-32(15-16-38-25)19-24-9-10-26(39-24)22-7-5-4-6-8-22/h4-10,17-18,25H,11-16,19-21H2,1-3H3. The van der Waals surface area contributed by atoms with E-state index in [4.69, 9.17) is 23.4 Å². The normalized spacial score (nSPS) is 18.6. The van der Waals surface area contributed by atoms with E-state index in [1.54, 1.807) is 33.5 Å². The van der Waals surface area contributed by atoms with E-state index in [1.807, 2.05) is 29.2 Å². The molecular formula is C30H37N3O6. The van der Waals surface area contributed by atoms with E-state index in [-0.39, 0.29) is 12.0 Å². The predicted molar refractivity (Wildman–Crippen MR) is 148 cm³/mol. The fourth-order valence-corrected chi connectivity index (χ4v) is 5.28. The zero-order valence-corrected chi connectivity index (χ0v) is 22.9. The smallest absolute Gasteiger partial charge is 0.254 e. The van der Waals surface area contributed by atoms with Gasteiger partial charge < -0.3 is 28.3 Å². The Morgan fingerprint density at radius 1 is 0.872 bits per heavy atom. The van der Waals surface area contributed by atoms with E-state index >= 15 is 0 Å². The Morgan fingerprint density at radius 2 is 1.59 bits per heavy atom. The first-order valence-electron chi connectivity index (χ1n) is 13.4. The molecule has 1 amide bonds. The second-order valence-corrected chi connectivity index (χ2v) is 9.87. The van der Waals surface area contributed by atoms with Crippen molar-refractivity contribution in [1.29, 1.82) is 0 Å². The van der Waals surface area contributed by atoms with E-state index in [0.29, 0.717) is 42.5 Å². The molecule has 39 heavy (non-hydrogen) atoms. The lowest BCUT2D eigenvalue weighted by atomic mass is 10.1. The number of rotatable bonds is 9. The molecule has 3 heterocycles. The summed E-state index contributed by atoms with van der Waals surface area (Å²) >= 11 is 0. The van der Waals surface area contributed by atoms with Crippen LogP contribution in [-0.2, 0) is 11.3 Å². The summed E-state index contributed by atoms with van der Waals surface area (Å²) in [6.07, 6.45) is 0.125. The first kappa shape index (κ1) is 27.1. The highest BCUT2D eigenvalue weighted by molar-refractivity contribution is 5.95. The lowest BCUT2D eigenvalue weighted by Gasteiger charge is -2.39.